The van der Waals surface area contributed by atoms with Crippen molar-refractivity contribution < 1.29 is 19.7 Å². The summed E-state index contributed by atoms with van der Waals surface area (Å²) in [5.74, 6) is 0. The minimum atomic E-state index is -1.22. The topological polar surface area (TPSA) is 91.7 Å². The van der Waals surface area contributed by atoms with E-state index in [-0.39, 0.29) is 12.2 Å². The van der Waals surface area contributed by atoms with Crippen LogP contribution in [0.2, 0.25) is 5.02 Å². The molecule has 112 valence electrons. The van der Waals surface area contributed by atoms with Gasteiger partial charge in [0.05, 0.1) is 10.7 Å². The summed E-state index contributed by atoms with van der Waals surface area (Å²) in [5, 5.41) is 22.5. The molecule has 20 heavy (non-hydrogen) atoms. The summed E-state index contributed by atoms with van der Waals surface area (Å²) < 4.78 is 5.01. The molecule has 6 nitrogen and oxygen atoms in total. The van der Waals surface area contributed by atoms with Crippen LogP contribution in [-0.4, -0.2) is 39.5 Å². The van der Waals surface area contributed by atoms with Crippen LogP contribution in [0, 0.1) is 0 Å². The molecule has 2 unspecified atom stereocenters. The second-order valence-corrected chi connectivity index (χ2v) is 5.73. The van der Waals surface area contributed by atoms with E-state index in [1.807, 2.05) is 0 Å². The molecule has 1 heterocycles. The summed E-state index contributed by atoms with van der Waals surface area (Å²) in [6, 6.07) is 3.06. The molecule has 1 rings (SSSR count). The number of halogens is 1. The van der Waals surface area contributed by atoms with Crippen molar-refractivity contribution in [3.63, 3.8) is 0 Å². The fraction of sp³-hybridized carbons (Fsp3) is 0.538. The van der Waals surface area contributed by atoms with Crippen LogP contribution in [0.4, 0.5) is 4.79 Å². The zero-order valence-corrected chi connectivity index (χ0v) is 12.4. The highest BCUT2D eigenvalue weighted by Crippen LogP contribution is 2.16. The van der Waals surface area contributed by atoms with Gasteiger partial charge in [0.25, 0.3) is 0 Å². The lowest BCUT2D eigenvalue weighted by Gasteiger charge is -2.22. The molecule has 0 fully saturated rings. The average Bonchev–Trinajstić information content (AvgIpc) is 2.34. The maximum atomic E-state index is 11.4. The van der Waals surface area contributed by atoms with E-state index >= 15 is 0 Å². The molecule has 2 atom stereocenters. The number of nitrogens with zero attached hydrogens (tertiary/aromatic N) is 1. The molecule has 7 heteroatoms. The van der Waals surface area contributed by atoms with Crippen molar-refractivity contribution in [3.8, 4) is 0 Å². The van der Waals surface area contributed by atoms with Gasteiger partial charge in [0.15, 0.2) is 0 Å². The number of pyridine rings is 1. The van der Waals surface area contributed by atoms with Crippen LogP contribution in [0.15, 0.2) is 18.3 Å². The van der Waals surface area contributed by atoms with Crippen LogP contribution in [0.5, 0.6) is 0 Å². The Kier molecular flexibility index (Phi) is 5.74. The molecule has 1 amide bonds. The Balaban J connectivity index is 2.48. The van der Waals surface area contributed by atoms with E-state index in [2.05, 4.69) is 10.3 Å². The molecular weight excluding hydrogens is 284 g/mol. The highest BCUT2D eigenvalue weighted by Gasteiger charge is 2.22. The smallest absolute Gasteiger partial charge is 0.407 e. The normalized spacial score (nSPS) is 14.5. The standard InChI is InChI=1S/C13H19ClN2O4/c1-13(2,3)20-12(19)16-7-10(17)11(18)9-5-4-8(14)6-15-9/h4-6,10-11,17-18H,7H2,1-3H3,(H,16,19). The number of aromatic nitrogens is 1. The number of rotatable bonds is 4. The highest BCUT2D eigenvalue weighted by molar-refractivity contribution is 6.30. The van der Waals surface area contributed by atoms with E-state index < -0.39 is 23.9 Å². The van der Waals surface area contributed by atoms with Crippen molar-refractivity contribution >= 4 is 17.7 Å². The number of carbonyl (C=O) groups excluding carboxylic acids is 1. The monoisotopic (exact) mass is 302 g/mol. The van der Waals surface area contributed by atoms with Crippen molar-refractivity contribution in [3.05, 3.63) is 29.0 Å². The van der Waals surface area contributed by atoms with Gasteiger partial charge in [0.1, 0.15) is 17.8 Å². The third kappa shape index (κ3) is 5.73. The quantitative estimate of drug-likeness (QED) is 0.786. The lowest BCUT2D eigenvalue weighted by Crippen LogP contribution is -2.39. The van der Waals surface area contributed by atoms with E-state index in [1.54, 1.807) is 26.8 Å². The van der Waals surface area contributed by atoms with Gasteiger partial charge >= 0.3 is 6.09 Å². The lowest BCUT2D eigenvalue weighted by molar-refractivity contribution is 0.0109. The maximum absolute atomic E-state index is 11.4. The molecule has 0 spiro atoms. The summed E-state index contributed by atoms with van der Waals surface area (Å²) in [4.78, 5) is 15.3. The SMILES string of the molecule is CC(C)(C)OC(=O)NCC(O)C(O)c1ccc(Cl)cn1. The number of alkyl carbamates (subject to hydrolysis) is 1. The van der Waals surface area contributed by atoms with Crippen molar-refractivity contribution in [2.24, 2.45) is 0 Å². The molecular formula is C13H19ClN2O4. The van der Waals surface area contributed by atoms with Gasteiger partial charge in [-0.15, -0.1) is 0 Å². The predicted molar refractivity (Wildman–Crippen MR) is 74.5 cm³/mol. The molecule has 0 radical (unpaired) electrons. The number of ether oxygens (including phenoxy) is 1. The molecule has 1 aromatic heterocycles. The summed E-state index contributed by atoms with van der Waals surface area (Å²) in [7, 11) is 0. The van der Waals surface area contributed by atoms with Gasteiger partial charge in [0.2, 0.25) is 0 Å². The number of carbonyl (C=O) groups is 1. The van der Waals surface area contributed by atoms with Crippen molar-refractivity contribution in [2.75, 3.05) is 6.54 Å². The first-order chi connectivity index (χ1) is 9.19. The van der Waals surface area contributed by atoms with Gasteiger partial charge in [-0.05, 0) is 32.9 Å². The Hall–Kier alpha value is -1.37. The minimum Gasteiger partial charge on any atom is -0.444 e. The summed E-state index contributed by atoms with van der Waals surface area (Å²) in [5.41, 5.74) is -0.348. The number of nitrogens with one attached hydrogen (secondary N) is 1. The summed E-state index contributed by atoms with van der Waals surface area (Å²) >= 11 is 5.68. The molecule has 0 aromatic carbocycles. The Morgan fingerprint density at radius 2 is 2.10 bits per heavy atom. The van der Waals surface area contributed by atoms with E-state index in [0.717, 1.165) is 0 Å². The van der Waals surface area contributed by atoms with Crippen molar-refractivity contribution in [1.29, 1.82) is 0 Å². The molecule has 1 aromatic rings. The Morgan fingerprint density at radius 1 is 1.45 bits per heavy atom. The molecule has 0 bridgehead atoms. The van der Waals surface area contributed by atoms with E-state index in [9.17, 15) is 15.0 Å². The molecule has 0 saturated heterocycles. The predicted octanol–water partition coefficient (Wildman–Crippen LogP) is 1.65. The molecule has 0 aliphatic heterocycles. The molecule has 0 aliphatic carbocycles. The van der Waals surface area contributed by atoms with Crippen molar-refractivity contribution in [2.45, 2.75) is 38.6 Å². The zero-order valence-electron chi connectivity index (χ0n) is 11.6. The second kappa shape index (κ2) is 6.88. The van der Waals surface area contributed by atoms with E-state index in [1.165, 1.54) is 12.3 Å². The fourth-order valence-corrected chi connectivity index (χ4v) is 1.48. The first kappa shape index (κ1) is 16.7. The number of aliphatic hydroxyl groups is 2. The zero-order chi connectivity index (χ0) is 15.3. The Labute approximate surface area is 122 Å². The number of hydrogen-bond acceptors (Lipinski definition) is 5. The molecule has 3 N–H and O–H groups in total. The van der Waals surface area contributed by atoms with Crippen LogP contribution in [0.25, 0.3) is 0 Å². The first-order valence-corrected chi connectivity index (χ1v) is 6.51. The number of aliphatic hydroxyl groups excluding tert-OH is 2. The summed E-state index contributed by atoms with van der Waals surface area (Å²) in [6.07, 6.45) is -1.71. The summed E-state index contributed by atoms with van der Waals surface area (Å²) in [6.45, 7) is 5.04. The first-order valence-electron chi connectivity index (χ1n) is 6.13. The highest BCUT2D eigenvalue weighted by atomic mass is 35.5. The molecule has 0 aliphatic rings. The van der Waals surface area contributed by atoms with Gasteiger partial charge in [-0.3, -0.25) is 4.98 Å². The number of amides is 1. The van der Waals surface area contributed by atoms with Crippen LogP contribution in [0.3, 0.4) is 0 Å². The van der Waals surface area contributed by atoms with Crippen LogP contribution >= 0.6 is 11.6 Å². The fourth-order valence-electron chi connectivity index (χ4n) is 1.37. The average molecular weight is 303 g/mol. The van der Waals surface area contributed by atoms with Gasteiger partial charge in [0, 0.05) is 12.7 Å². The maximum Gasteiger partial charge on any atom is 0.407 e. The van der Waals surface area contributed by atoms with Gasteiger partial charge in [-0.2, -0.15) is 0 Å². The van der Waals surface area contributed by atoms with E-state index in [4.69, 9.17) is 16.3 Å². The van der Waals surface area contributed by atoms with Crippen LogP contribution in [0.1, 0.15) is 32.6 Å². The van der Waals surface area contributed by atoms with Gasteiger partial charge < -0.3 is 20.3 Å². The third-order valence-corrected chi connectivity index (χ3v) is 2.50. The van der Waals surface area contributed by atoms with Gasteiger partial charge in [-0.25, -0.2) is 4.79 Å². The van der Waals surface area contributed by atoms with Crippen molar-refractivity contribution in [1.82, 2.24) is 10.3 Å². The third-order valence-electron chi connectivity index (χ3n) is 2.27. The molecule has 0 saturated carbocycles. The van der Waals surface area contributed by atoms with Crippen LogP contribution < -0.4 is 5.32 Å². The lowest BCUT2D eigenvalue weighted by atomic mass is 10.1. The Morgan fingerprint density at radius 3 is 2.60 bits per heavy atom. The minimum absolute atomic E-state index is 0.152. The van der Waals surface area contributed by atoms with E-state index in [0.29, 0.717) is 5.02 Å². The van der Waals surface area contributed by atoms with Crippen LogP contribution in [-0.2, 0) is 4.74 Å². The largest absolute Gasteiger partial charge is 0.444 e. The second-order valence-electron chi connectivity index (χ2n) is 5.30. The Bertz CT molecular complexity index is 445. The number of hydrogen-bond donors (Lipinski definition) is 3. The van der Waals surface area contributed by atoms with Gasteiger partial charge in [-0.1, -0.05) is 11.6 Å².